The molecule has 1 heterocycles. The largest absolute Gasteiger partial charge is 0.493 e. The highest BCUT2D eigenvalue weighted by molar-refractivity contribution is 5.73. The normalized spacial score (nSPS) is 17.5. The fraction of sp³-hybridized carbons (Fsp3) is 0.480. The predicted octanol–water partition coefficient (Wildman–Crippen LogP) is 4.54. The molecule has 0 aromatic heterocycles. The molecule has 1 atom stereocenters. The molecule has 0 saturated heterocycles. The fourth-order valence-corrected chi connectivity index (χ4v) is 4.10. The summed E-state index contributed by atoms with van der Waals surface area (Å²) in [7, 11) is 0. The van der Waals surface area contributed by atoms with Crippen molar-refractivity contribution < 1.29 is 9.53 Å². The Labute approximate surface area is 174 Å². The van der Waals surface area contributed by atoms with Crippen LogP contribution >= 0.6 is 0 Å². The number of carbonyl (C=O) groups excluding carboxylic acids is 1. The molecule has 1 fully saturated rings. The first kappa shape index (κ1) is 20.0. The molecule has 1 saturated carbocycles. The molecule has 0 bridgehead atoms. The quantitative estimate of drug-likeness (QED) is 0.752. The van der Waals surface area contributed by atoms with Crippen LogP contribution in [0.25, 0.3) is 0 Å². The van der Waals surface area contributed by atoms with Crippen molar-refractivity contribution in [2.24, 2.45) is 5.92 Å². The topological polar surface area (TPSA) is 41.6 Å². The highest BCUT2D eigenvalue weighted by atomic mass is 16.5. The molecule has 1 aliphatic heterocycles. The SMILES string of the molecule is CC(=O)NC(C)c1ccc2c(c1)CCN(Cc1ccc(OCC3CC3)cc1C)C2. The van der Waals surface area contributed by atoms with Crippen molar-refractivity contribution in [1.82, 2.24) is 10.2 Å². The van der Waals surface area contributed by atoms with Crippen molar-refractivity contribution in [3.05, 3.63) is 64.2 Å². The molecule has 0 radical (unpaired) electrons. The van der Waals surface area contributed by atoms with Crippen LogP contribution in [0.5, 0.6) is 5.75 Å². The number of hydrogen-bond acceptors (Lipinski definition) is 3. The van der Waals surface area contributed by atoms with Crippen LogP contribution in [0.15, 0.2) is 36.4 Å². The van der Waals surface area contributed by atoms with Gasteiger partial charge >= 0.3 is 0 Å². The summed E-state index contributed by atoms with van der Waals surface area (Å²) < 4.78 is 5.92. The first-order valence-electron chi connectivity index (χ1n) is 10.8. The minimum absolute atomic E-state index is 0.0146. The van der Waals surface area contributed by atoms with E-state index in [1.54, 1.807) is 6.92 Å². The fourth-order valence-electron chi connectivity index (χ4n) is 4.10. The van der Waals surface area contributed by atoms with E-state index in [9.17, 15) is 4.79 Å². The Morgan fingerprint density at radius 2 is 2.03 bits per heavy atom. The third-order valence-corrected chi connectivity index (χ3v) is 6.13. The lowest BCUT2D eigenvalue weighted by molar-refractivity contribution is -0.119. The Balaban J connectivity index is 1.37. The van der Waals surface area contributed by atoms with Crippen molar-refractivity contribution >= 4 is 5.91 Å². The number of benzene rings is 2. The number of fused-ring (bicyclic) bond motifs is 1. The van der Waals surface area contributed by atoms with E-state index in [4.69, 9.17) is 4.74 Å². The molecule has 29 heavy (non-hydrogen) atoms. The van der Waals surface area contributed by atoms with Gasteiger partial charge in [-0.1, -0.05) is 24.3 Å². The van der Waals surface area contributed by atoms with Crippen LogP contribution in [0.3, 0.4) is 0 Å². The number of amides is 1. The third kappa shape index (κ3) is 5.18. The summed E-state index contributed by atoms with van der Waals surface area (Å²) in [6.45, 7) is 9.67. The minimum Gasteiger partial charge on any atom is -0.493 e. The molecule has 1 amide bonds. The molecule has 1 aliphatic carbocycles. The average molecular weight is 393 g/mol. The van der Waals surface area contributed by atoms with E-state index in [-0.39, 0.29) is 11.9 Å². The van der Waals surface area contributed by atoms with Gasteiger partial charge in [0.25, 0.3) is 0 Å². The summed E-state index contributed by atoms with van der Waals surface area (Å²) in [5.41, 5.74) is 6.69. The van der Waals surface area contributed by atoms with E-state index in [0.717, 1.165) is 44.3 Å². The molecular weight excluding hydrogens is 360 g/mol. The van der Waals surface area contributed by atoms with Gasteiger partial charge in [-0.15, -0.1) is 0 Å². The number of nitrogens with zero attached hydrogens (tertiary/aromatic N) is 1. The molecule has 154 valence electrons. The zero-order valence-corrected chi connectivity index (χ0v) is 17.8. The summed E-state index contributed by atoms with van der Waals surface area (Å²) in [5, 5.41) is 2.98. The lowest BCUT2D eigenvalue weighted by Gasteiger charge is -2.30. The third-order valence-electron chi connectivity index (χ3n) is 6.13. The first-order chi connectivity index (χ1) is 14.0. The standard InChI is InChI=1S/C25H32N2O2/c1-17-12-25(29-16-20-4-5-20)9-8-23(17)14-27-11-10-22-13-21(6-7-24(22)15-27)18(2)26-19(3)28/h6-9,12-13,18,20H,4-5,10-11,14-16H2,1-3H3,(H,26,28). The van der Waals surface area contributed by atoms with Crippen LogP contribution in [0.1, 0.15) is 60.5 Å². The smallest absolute Gasteiger partial charge is 0.217 e. The Hall–Kier alpha value is -2.33. The second-order valence-corrected chi connectivity index (χ2v) is 8.75. The van der Waals surface area contributed by atoms with E-state index in [1.807, 2.05) is 6.92 Å². The van der Waals surface area contributed by atoms with Crippen LogP contribution < -0.4 is 10.1 Å². The molecule has 4 rings (SSSR count). The Kier molecular flexibility index (Phi) is 5.91. The van der Waals surface area contributed by atoms with Crippen molar-refractivity contribution in [2.45, 2.75) is 59.2 Å². The van der Waals surface area contributed by atoms with Crippen LogP contribution in [0, 0.1) is 12.8 Å². The highest BCUT2D eigenvalue weighted by Gasteiger charge is 2.22. The summed E-state index contributed by atoms with van der Waals surface area (Å²) in [6, 6.07) is 13.2. The summed E-state index contributed by atoms with van der Waals surface area (Å²) in [6.07, 6.45) is 3.69. The van der Waals surface area contributed by atoms with Gasteiger partial charge in [0, 0.05) is 26.6 Å². The molecule has 1 unspecified atom stereocenters. The van der Waals surface area contributed by atoms with Gasteiger partial charge in [0.05, 0.1) is 12.6 Å². The van der Waals surface area contributed by atoms with Crippen molar-refractivity contribution in [3.63, 3.8) is 0 Å². The van der Waals surface area contributed by atoms with Crippen LogP contribution in [0.4, 0.5) is 0 Å². The van der Waals surface area contributed by atoms with Gasteiger partial charge in [-0.2, -0.15) is 0 Å². The Bertz CT molecular complexity index is 888. The molecule has 4 nitrogen and oxygen atoms in total. The average Bonchev–Trinajstić information content (AvgIpc) is 3.52. The van der Waals surface area contributed by atoms with Crippen molar-refractivity contribution in [3.8, 4) is 5.75 Å². The first-order valence-corrected chi connectivity index (χ1v) is 10.8. The van der Waals surface area contributed by atoms with Crippen molar-refractivity contribution in [2.75, 3.05) is 13.2 Å². The number of nitrogens with one attached hydrogen (secondary N) is 1. The van der Waals surface area contributed by atoms with Crippen molar-refractivity contribution in [1.29, 1.82) is 0 Å². The number of hydrogen-bond donors (Lipinski definition) is 1. The number of aryl methyl sites for hydroxylation is 1. The van der Waals surface area contributed by atoms with Gasteiger partial charge in [-0.25, -0.2) is 0 Å². The minimum atomic E-state index is 0.0146. The maximum absolute atomic E-state index is 11.3. The van der Waals surface area contributed by atoms with Gasteiger partial charge in [0.15, 0.2) is 0 Å². The summed E-state index contributed by atoms with van der Waals surface area (Å²) in [5.74, 6) is 1.80. The Morgan fingerprint density at radius 1 is 1.21 bits per heavy atom. The molecule has 2 aromatic rings. The molecule has 4 heteroatoms. The molecular formula is C25H32N2O2. The van der Waals surface area contributed by atoms with Gasteiger partial charge in [-0.05, 0) is 79.0 Å². The highest BCUT2D eigenvalue weighted by Crippen LogP contribution is 2.30. The number of ether oxygens (including phenoxy) is 1. The van der Waals surface area contributed by atoms with Gasteiger partial charge in [-0.3, -0.25) is 9.69 Å². The van der Waals surface area contributed by atoms with Crippen LogP contribution in [-0.2, 0) is 24.3 Å². The van der Waals surface area contributed by atoms with Crippen LogP contribution in [0.2, 0.25) is 0 Å². The second kappa shape index (κ2) is 8.58. The van der Waals surface area contributed by atoms with E-state index in [1.165, 1.54) is 40.7 Å². The maximum Gasteiger partial charge on any atom is 0.217 e. The molecule has 1 N–H and O–H groups in total. The van der Waals surface area contributed by atoms with Gasteiger partial charge in [0.2, 0.25) is 5.91 Å². The number of carbonyl (C=O) groups is 1. The lowest BCUT2D eigenvalue weighted by Crippen LogP contribution is -2.30. The molecule has 2 aliphatic rings. The van der Waals surface area contributed by atoms with E-state index >= 15 is 0 Å². The van der Waals surface area contributed by atoms with E-state index in [0.29, 0.717) is 0 Å². The lowest BCUT2D eigenvalue weighted by atomic mass is 9.94. The van der Waals surface area contributed by atoms with Gasteiger partial charge in [0.1, 0.15) is 5.75 Å². The molecule has 2 aromatic carbocycles. The molecule has 0 spiro atoms. The zero-order chi connectivity index (χ0) is 20.4. The summed E-state index contributed by atoms with van der Waals surface area (Å²) >= 11 is 0. The zero-order valence-electron chi connectivity index (χ0n) is 17.8. The summed E-state index contributed by atoms with van der Waals surface area (Å²) in [4.78, 5) is 13.8. The number of rotatable bonds is 7. The van der Waals surface area contributed by atoms with Gasteiger partial charge < -0.3 is 10.1 Å². The predicted molar refractivity (Wildman–Crippen MR) is 116 cm³/mol. The monoisotopic (exact) mass is 392 g/mol. The Morgan fingerprint density at radius 3 is 2.76 bits per heavy atom. The van der Waals surface area contributed by atoms with E-state index in [2.05, 4.69) is 53.5 Å². The maximum atomic E-state index is 11.3. The second-order valence-electron chi connectivity index (χ2n) is 8.75. The van der Waals surface area contributed by atoms with E-state index < -0.39 is 0 Å². The van der Waals surface area contributed by atoms with Crippen LogP contribution in [-0.4, -0.2) is 24.0 Å².